The van der Waals surface area contributed by atoms with Gasteiger partial charge in [-0.25, -0.2) is 9.49 Å². The van der Waals surface area contributed by atoms with E-state index in [2.05, 4.69) is 15.3 Å². The van der Waals surface area contributed by atoms with Crippen LogP contribution >= 0.6 is 12.2 Å². The number of aromatic amines is 1. The van der Waals surface area contributed by atoms with Crippen molar-refractivity contribution in [3.05, 3.63) is 58.6 Å². The average molecular weight is 412 g/mol. The highest BCUT2D eigenvalue weighted by atomic mass is 32.1. The van der Waals surface area contributed by atoms with Crippen LogP contribution in [0.4, 0.5) is 4.39 Å². The van der Waals surface area contributed by atoms with Crippen molar-refractivity contribution in [2.24, 2.45) is 11.0 Å². The summed E-state index contributed by atoms with van der Waals surface area (Å²) in [7, 11) is 1.50. The fourth-order valence-corrected chi connectivity index (χ4v) is 2.88. The highest BCUT2D eigenvalue weighted by Crippen LogP contribution is 2.34. The van der Waals surface area contributed by atoms with Crippen molar-refractivity contribution in [3.8, 4) is 22.9 Å². The number of halogens is 1. The summed E-state index contributed by atoms with van der Waals surface area (Å²) in [6.07, 6.45) is 3.29. The van der Waals surface area contributed by atoms with Gasteiger partial charge < -0.3 is 9.47 Å². The summed E-state index contributed by atoms with van der Waals surface area (Å²) in [6, 6.07) is 11.1. The highest BCUT2D eigenvalue weighted by Gasteiger charge is 2.32. The number of rotatable bonds is 6. The molecule has 0 atom stereocenters. The van der Waals surface area contributed by atoms with Gasteiger partial charge in [-0.15, -0.1) is 0 Å². The summed E-state index contributed by atoms with van der Waals surface area (Å²) in [4.78, 5) is 11.9. The molecule has 1 saturated carbocycles. The molecule has 1 N–H and O–H groups in total. The van der Waals surface area contributed by atoms with Crippen LogP contribution in [-0.4, -0.2) is 34.2 Å². The number of esters is 1. The molecule has 148 valence electrons. The number of nitrogens with one attached hydrogen (secondary N) is 1. The third-order valence-corrected chi connectivity index (χ3v) is 4.63. The van der Waals surface area contributed by atoms with Gasteiger partial charge in [0.05, 0.1) is 19.2 Å². The Bertz CT molecular complexity index is 1150. The van der Waals surface area contributed by atoms with Crippen molar-refractivity contribution >= 4 is 24.4 Å². The lowest BCUT2D eigenvalue weighted by molar-refractivity contribution is -0.135. The van der Waals surface area contributed by atoms with E-state index in [0.717, 1.165) is 12.8 Å². The molecule has 0 aliphatic heterocycles. The number of methoxy groups -OCH3 is 1. The summed E-state index contributed by atoms with van der Waals surface area (Å²) < 4.78 is 25.9. The number of ether oxygens (including phenoxy) is 2. The van der Waals surface area contributed by atoms with Crippen LogP contribution in [0.15, 0.2) is 47.6 Å². The van der Waals surface area contributed by atoms with Crippen molar-refractivity contribution < 1.29 is 18.7 Å². The predicted molar refractivity (Wildman–Crippen MR) is 107 cm³/mol. The standard InChI is InChI=1S/C20H17FN4O3S/c1-27-17-9-12(5-8-16(17)28-19(26)13-6-7-13)11-22-25-18(23-24-20(25)29)14-3-2-4-15(21)10-14/h2-5,8-11,13H,6-7H2,1H3,(H,24,29)/b22-11-. The Morgan fingerprint density at radius 3 is 2.86 bits per heavy atom. The largest absolute Gasteiger partial charge is 0.493 e. The van der Waals surface area contributed by atoms with Gasteiger partial charge in [-0.2, -0.15) is 14.9 Å². The lowest BCUT2D eigenvalue weighted by Crippen LogP contribution is -2.10. The van der Waals surface area contributed by atoms with Crippen LogP contribution in [0.25, 0.3) is 11.4 Å². The Morgan fingerprint density at radius 1 is 1.31 bits per heavy atom. The zero-order valence-corrected chi connectivity index (χ0v) is 16.3. The maximum absolute atomic E-state index is 13.5. The van der Waals surface area contributed by atoms with E-state index >= 15 is 0 Å². The minimum atomic E-state index is -0.381. The van der Waals surface area contributed by atoms with Gasteiger partial charge in [-0.1, -0.05) is 12.1 Å². The van der Waals surface area contributed by atoms with Crippen molar-refractivity contribution in [1.82, 2.24) is 14.9 Å². The lowest BCUT2D eigenvalue weighted by Gasteiger charge is -2.09. The molecule has 4 rings (SSSR count). The lowest BCUT2D eigenvalue weighted by atomic mass is 10.2. The van der Waals surface area contributed by atoms with Gasteiger partial charge in [0.25, 0.3) is 0 Å². The summed E-state index contributed by atoms with van der Waals surface area (Å²) >= 11 is 5.22. The van der Waals surface area contributed by atoms with E-state index in [1.807, 2.05) is 0 Å². The van der Waals surface area contributed by atoms with Crippen molar-refractivity contribution in [2.45, 2.75) is 12.8 Å². The fraction of sp³-hybridized carbons (Fsp3) is 0.200. The number of carbonyl (C=O) groups is 1. The highest BCUT2D eigenvalue weighted by molar-refractivity contribution is 7.71. The second-order valence-corrected chi connectivity index (χ2v) is 6.91. The molecule has 0 spiro atoms. The molecule has 0 saturated heterocycles. The summed E-state index contributed by atoms with van der Waals surface area (Å²) in [5, 5.41) is 11.1. The molecule has 1 fully saturated rings. The summed E-state index contributed by atoms with van der Waals surface area (Å²) in [5.74, 6) is 0.533. The Morgan fingerprint density at radius 2 is 2.14 bits per heavy atom. The van der Waals surface area contributed by atoms with E-state index in [4.69, 9.17) is 21.7 Å². The Balaban J connectivity index is 1.60. The molecule has 9 heteroatoms. The number of carbonyl (C=O) groups excluding carboxylic acids is 1. The third-order valence-electron chi connectivity index (χ3n) is 4.36. The smallest absolute Gasteiger partial charge is 0.314 e. The van der Waals surface area contributed by atoms with Crippen LogP contribution in [0.3, 0.4) is 0 Å². The number of nitrogens with zero attached hydrogens (tertiary/aromatic N) is 3. The summed E-state index contributed by atoms with van der Waals surface area (Å²) in [5.41, 5.74) is 1.23. The SMILES string of the molecule is COc1cc(/C=N\n2c(-c3cccc(F)c3)n[nH]c2=S)ccc1OC(=O)C1CC1. The maximum Gasteiger partial charge on any atom is 0.314 e. The zero-order chi connectivity index (χ0) is 20.4. The molecule has 0 bridgehead atoms. The quantitative estimate of drug-likeness (QED) is 0.287. The Hall–Kier alpha value is -3.33. The van der Waals surface area contributed by atoms with E-state index in [9.17, 15) is 9.18 Å². The first kappa shape index (κ1) is 19.0. The molecule has 7 nitrogen and oxygen atoms in total. The van der Waals surface area contributed by atoms with Crippen molar-refractivity contribution in [2.75, 3.05) is 7.11 Å². The predicted octanol–water partition coefficient (Wildman–Crippen LogP) is 3.95. The van der Waals surface area contributed by atoms with Crippen LogP contribution in [0.2, 0.25) is 0 Å². The molecule has 0 radical (unpaired) electrons. The first-order chi connectivity index (χ1) is 14.0. The third kappa shape index (κ3) is 4.24. The maximum atomic E-state index is 13.5. The number of benzene rings is 2. The second kappa shape index (κ2) is 7.96. The molecule has 29 heavy (non-hydrogen) atoms. The minimum absolute atomic E-state index is 0.00912. The van der Waals surface area contributed by atoms with Crippen molar-refractivity contribution in [1.29, 1.82) is 0 Å². The molecule has 1 aliphatic rings. The topological polar surface area (TPSA) is 81.5 Å². The molecule has 2 aromatic carbocycles. The normalized spacial score (nSPS) is 13.6. The van der Waals surface area contributed by atoms with E-state index in [1.165, 1.54) is 23.9 Å². The molecule has 0 amide bonds. The van der Waals surface area contributed by atoms with Gasteiger partial charge in [0.2, 0.25) is 4.77 Å². The van der Waals surface area contributed by atoms with Crippen LogP contribution in [-0.2, 0) is 4.79 Å². The zero-order valence-electron chi connectivity index (χ0n) is 15.5. The van der Waals surface area contributed by atoms with E-state index in [-0.39, 0.29) is 22.5 Å². The first-order valence-electron chi connectivity index (χ1n) is 8.92. The van der Waals surface area contributed by atoms with E-state index in [1.54, 1.807) is 36.5 Å². The van der Waals surface area contributed by atoms with Crippen molar-refractivity contribution in [3.63, 3.8) is 0 Å². The fourth-order valence-electron chi connectivity index (χ4n) is 2.70. The van der Waals surface area contributed by atoms with Gasteiger partial charge >= 0.3 is 5.97 Å². The van der Waals surface area contributed by atoms with Gasteiger partial charge in [0.1, 0.15) is 5.82 Å². The van der Waals surface area contributed by atoms with Gasteiger partial charge in [0.15, 0.2) is 17.3 Å². The Labute approximate surface area is 170 Å². The van der Waals surface area contributed by atoms with Gasteiger partial charge in [-0.05, 0) is 61.0 Å². The van der Waals surface area contributed by atoms with Crippen LogP contribution in [0.1, 0.15) is 18.4 Å². The molecule has 1 heterocycles. The minimum Gasteiger partial charge on any atom is -0.493 e. The van der Waals surface area contributed by atoms with Gasteiger partial charge in [-0.3, -0.25) is 4.79 Å². The second-order valence-electron chi connectivity index (χ2n) is 6.52. The Kier molecular flexibility index (Phi) is 5.22. The molecular weight excluding hydrogens is 395 g/mol. The van der Waals surface area contributed by atoms with Crippen LogP contribution in [0, 0.1) is 16.5 Å². The molecule has 1 aromatic heterocycles. The molecule has 3 aromatic rings. The molecule has 1 aliphatic carbocycles. The number of aromatic nitrogens is 3. The van der Waals surface area contributed by atoms with E-state index in [0.29, 0.717) is 28.5 Å². The molecule has 0 unspecified atom stereocenters. The number of H-pyrrole nitrogens is 1. The van der Waals surface area contributed by atoms with E-state index < -0.39 is 0 Å². The van der Waals surface area contributed by atoms with Crippen LogP contribution in [0.5, 0.6) is 11.5 Å². The average Bonchev–Trinajstić information content (AvgIpc) is 3.50. The number of hydrogen-bond donors (Lipinski definition) is 1. The van der Waals surface area contributed by atoms with Crippen LogP contribution < -0.4 is 9.47 Å². The molecular formula is C20H17FN4O3S. The first-order valence-corrected chi connectivity index (χ1v) is 9.33. The monoisotopic (exact) mass is 412 g/mol. The number of hydrogen-bond acceptors (Lipinski definition) is 6. The summed E-state index contributed by atoms with van der Waals surface area (Å²) in [6.45, 7) is 0. The van der Waals surface area contributed by atoms with Gasteiger partial charge in [0, 0.05) is 5.56 Å².